The standard InChI is InChI=1S/C27H24N2O6/c1-33-22-8-7-18(16-29-26(31)19-4-2-3-5-20(19)27(29)32)14-21(22)25(30)28-11-10-17-6-9-23-24(15-17)35-13-12-34-23/h2-9,14-15H,10-13,16H2,1H3,(H,28,30). The Balaban J connectivity index is 1.26. The van der Waals surface area contributed by atoms with E-state index in [0.717, 1.165) is 11.3 Å². The number of nitrogens with zero attached hydrogens (tertiary/aromatic N) is 1. The van der Waals surface area contributed by atoms with Gasteiger partial charge in [-0.3, -0.25) is 19.3 Å². The average molecular weight is 472 g/mol. The van der Waals surface area contributed by atoms with Crippen LogP contribution >= 0.6 is 0 Å². The van der Waals surface area contributed by atoms with Gasteiger partial charge in [0, 0.05) is 6.54 Å². The van der Waals surface area contributed by atoms with Gasteiger partial charge in [0.2, 0.25) is 0 Å². The van der Waals surface area contributed by atoms with Crippen LogP contribution in [-0.4, -0.2) is 49.5 Å². The summed E-state index contributed by atoms with van der Waals surface area (Å²) in [4.78, 5) is 39.6. The smallest absolute Gasteiger partial charge is 0.261 e. The quantitative estimate of drug-likeness (QED) is 0.531. The summed E-state index contributed by atoms with van der Waals surface area (Å²) in [5.74, 6) is 0.862. The Morgan fingerprint density at radius 1 is 0.914 bits per heavy atom. The van der Waals surface area contributed by atoms with Gasteiger partial charge < -0.3 is 19.5 Å². The van der Waals surface area contributed by atoms with Crippen molar-refractivity contribution < 1.29 is 28.6 Å². The first-order valence-corrected chi connectivity index (χ1v) is 11.3. The maximum atomic E-state index is 13.0. The number of methoxy groups -OCH3 is 1. The normalized spacial score (nSPS) is 14.0. The Kier molecular flexibility index (Phi) is 6.10. The van der Waals surface area contributed by atoms with Crippen molar-refractivity contribution in [1.82, 2.24) is 10.2 Å². The molecule has 3 aromatic carbocycles. The van der Waals surface area contributed by atoms with Crippen LogP contribution in [0, 0.1) is 0 Å². The van der Waals surface area contributed by atoms with Crippen LogP contribution < -0.4 is 19.5 Å². The molecule has 2 aliphatic rings. The van der Waals surface area contributed by atoms with Crippen molar-refractivity contribution in [2.75, 3.05) is 26.9 Å². The molecule has 0 bridgehead atoms. The van der Waals surface area contributed by atoms with Gasteiger partial charge in [-0.2, -0.15) is 0 Å². The van der Waals surface area contributed by atoms with Gasteiger partial charge in [0.15, 0.2) is 11.5 Å². The van der Waals surface area contributed by atoms with E-state index in [4.69, 9.17) is 14.2 Å². The van der Waals surface area contributed by atoms with E-state index in [0.29, 0.717) is 59.9 Å². The summed E-state index contributed by atoms with van der Waals surface area (Å²) in [6, 6.07) is 17.6. The van der Waals surface area contributed by atoms with Gasteiger partial charge in [-0.05, 0) is 53.9 Å². The SMILES string of the molecule is COc1ccc(CN2C(=O)c3ccccc3C2=O)cc1C(=O)NCCc1ccc2c(c1)OCCO2. The van der Waals surface area contributed by atoms with Crippen molar-refractivity contribution in [3.8, 4) is 17.2 Å². The molecular formula is C27H24N2O6. The van der Waals surface area contributed by atoms with Crippen LogP contribution in [0.25, 0.3) is 0 Å². The summed E-state index contributed by atoms with van der Waals surface area (Å²) in [5, 5.41) is 2.92. The average Bonchev–Trinajstić information content (AvgIpc) is 3.13. The highest BCUT2D eigenvalue weighted by atomic mass is 16.6. The first kappa shape index (κ1) is 22.5. The summed E-state index contributed by atoms with van der Waals surface area (Å²) >= 11 is 0. The summed E-state index contributed by atoms with van der Waals surface area (Å²) in [6.07, 6.45) is 0.611. The third-order valence-electron chi connectivity index (χ3n) is 6.03. The van der Waals surface area contributed by atoms with E-state index in [1.807, 2.05) is 18.2 Å². The molecule has 8 heteroatoms. The molecule has 178 valence electrons. The highest BCUT2D eigenvalue weighted by Crippen LogP contribution is 2.31. The van der Waals surface area contributed by atoms with Crippen molar-refractivity contribution in [1.29, 1.82) is 0 Å². The molecule has 5 rings (SSSR count). The Labute approximate surface area is 202 Å². The summed E-state index contributed by atoms with van der Waals surface area (Å²) in [6.45, 7) is 1.53. The van der Waals surface area contributed by atoms with Crippen molar-refractivity contribution in [2.24, 2.45) is 0 Å². The first-order chi connectivity index (χ1) is 17.0. The number of hydrogen-bond donors (Lipinski definition) is 1. The van der Waals surface area contributed by atoms with Crippen LogP contribution in [0.15, 0.2) is 60.7 Å². The topological polar surface area (TPSA) is 94.2 Å². The van der Waals surface area contributed by atoms with Crippen LogP contribution in [0.5, 0.6) is 17.2 Å². The molecule has 2 aliphatic heterocycles. The minimum atomic E-state index is -0.341. The van der Waals surface area contributed by atoms with E-state index in [2.05, 4.69) is 5.32 Å². The lowest BCUT2D eigenvalue weighted by atomic mass is 10.1. The van der Waals surface area contributed by atoms with Crippen LogP contribution in [0.2, 0.25) is 0 Å². The number of hydrogen-bond acceptors (Lipinski definition) is 6. The lowest BCUT2D eigenvalue weighted by Gasteiger charge is -2.19. The molecule has 3 amide bonds. The van der Waals surface area contributed by atoms with Crippen molar-refractivity contribution in [3.05, 3.63) is 88.5 Å². The summed E-state index contributed by atoms with van der Waals surface area (Å²) in [7, 11) is 1.49. The van der Waals surface area contributed by atoms with Gasteiger partial charge >= 0.3 is 0 Å². The molecule has 0 saturated carbocycles. The Hall–Kier alpha value is -4.33. The van der Waals surface area contributed by atoms with E-state index in [9.17, 15) is 14.4 Å². The lowest BCUT2D eigenvalue weighted by molar-refractivity contribution is 0.0642. The van der Waals surface area contributed by atoms with E-state index < -0.39 is 0 Å². The van der Waals surface area contributed by atoms with Gasteiger partial charge in [-0.1, -0.05) is 24.3 Å². The maximum absolute atomic E-state index is 13.0. The fourth-order valence-corrected chi connectivity index (χ4v) is 4.26. The number of carbonyl (C=O) groups is 3. The molecule has 0 radical (unpaired) electrons. The molecular weight excluding hydrogens is 448 g/mol. The molecule has 0 atom stereocenters. The molecule has 0 fully saturated rings. The number of rotatable bonds is 7. The van der Waals surface area contributed by atoms with E-state index >= 15 is 0 Å². The molecule has 0 saturated heterocycles. The molecule has 0 aliphatic carbocycles. The van der Waals surface area contributed by atoms with Gasteiger partial charge in [-0.15, -0.1) is 0 Å². The zero-order valence-electron chi connectivity index (χ0n) is 19.2. The third kappa shape index (κ3) is 4.42. The third-order valence-corrected chi connectivity index (χ3v) is 6.03. The monoisotopic (exact) mass is 472 g/mol. The van der Waals surface area contributed by atoms with Gasteiger partial charge in [-0.25, -0.2) is 0 Å². The molecule has 2 heterocycles. The number of fused-ring (bicyclic) bond motifs is 2. The minimum Gasteiger partial charge on any atom is -0.496 e. The second kappa shape index (κ2) is 9.50. The first-order valence-electron chi connectivity index (χ1n) is 11.3. The molecule has 8 nitrogen and oxygen atoms in total. The Morgan fingerprint density at radius 2 is 1.60 bits per heavy atom. The molecule has 35 heavy (non-hydrogen) atoms. The predicted octanol–water partition coefficient (Wildman–Crippen LogP) is 3.24. The number of nitrogens with one attached hydrogen (secondary N) is 1. The fourth-order valence-electron chi connectivity index (χ4n) is 4.26. The second-order valence-corrected chi connectivity index (χ2v) is 8.26. The van der Waals surface area contributed by atoms with Crippen LogP contribution in [0.4, 0.5) is 0 Å². The van der Waals surface area contributed by atoms with Crippen LogP contribution in [0.3, 0.4) is 0 Å². The van der Waals surface area contributed by atoms with Gasteiger partial charge in [0.25, 0.3) is 17.7 Å². The fraction of sp³-hybridized carbons (Fsp3) is 0.222. The number of benzene rings is 3. The van der Waals surface area contributed by atoms with Crippen molar-refractivity contribution in [3.63, 3.8) is 0 Å². The molecule has 0 aromatic heterocycles. The highest BCUT2D eigenvalue weighted by Gasteiger charge is 2.35. The van der Waals surface area contributed by atoms with Gasteiger partial charge in [0.05, 0.1) is 30.3 Å². The van der Waals surface area contributed by atoms with Gasteiger partial charge in [0.1, 0.15) is 19.0 Å². The van der Waals surface area contributed by atoms with Crippen molar-refractivity contribution >= 4 is 17.7 Å². The summed E-state index contributed by atoms with van der Waals surface area (Å²) < 4.78 is 16.5. The molecule has 0 spiro atoms. The molecule has 3 aromatic rings. The van der Waals surface area contributed by atoms with E-state index in [1.54, 1.807) is 42.5 Å². The Morgan fingerprint density at radius 3 is 2.31 bits per heavy atom. The zero-order chi connectivity index (χ0) is 24.4. The zero-order valence-corrected chi connectivity index (χ0v) is 19.2. The molecule has 0 unspecified atom stereocenters. The Bertz CT molecular complexity index is 1280. The lowest BCUT2D eigenvalue weighted by Crippen LogP contribution is -2.29. The van der Waals surface area contributed by atoms with Crippen molar-refractivity contribution in [2.45, 2.75) is 13.0 Å². The van der Waals surface area contributed by atoms with E-state index in [-0.39, 0.29) is 24.3 Å². The van der Waals surface area contributed by atoms with Crippen LogP contribution in [0.1, 0.15) is 42.2 Å². The maximum Gasteiger partial charge on any atom is 0.261 e. The minimum absolute atomic E-state index is 0.0633. The van der Waals surface area contributed by atoms with Crippen LogP contribution in [-0.2, 0) is 13.0 Å². The largest absolute Gasteiger partial charge is 0.496 e. The number of ether oxygens (including phenoxy) is 3. The molecule has 1 N–H and O–H groups in total. The number of carbonyl (C=O) groups excluding carboxylic acids is 3. The second-order valence-electron chi connectivity index (χ2n) is 8.26. The highest BCUT2D eigenvalue weighted by molar-refractivity contribution is 6.21. The number of imide groups is 1. The summed E-state index contributed by atoms with van der Waals surface area (Å²) in [5.41, 5.74) is 2.79. The predicted molar refractivity (Wildman–Crippen MR) is 127 cm³/mol. The number of amides is 3. The van der Waals surface area contributed by atoms with E-state index in [1.165, 1.54) is 12.0 Å².